The highest BCUT2D eigenvalue weighted by molar-refractivity contribution is 8.24. The lowest BCUT2D eigenvalue weighted by molar-refractivity contribution is 0.380. The first-order valence-corrected chi connectivity index (χ1v) is 11.1. The number of nitrogens with zero attached hydrogens (tertiary/aromatic N) is 3. The Morgan fingerprint density at radius 1 is 1.11 bits per heavy atom. The molecule has 0 atom stereocenters. The Labute approximate surface area is 162 Å². The summed E-state index contributed by atoms with van der Waals surface area (Å²) in [4.78, 5) is 27.2. The van der Waals surface area contributed by atoms with Crippen molar-refractivity contribution in [3.8, 4) is 11.1 Å². The number of hydrogen-bond donors (Lipinski definition) is 4. The van der Waals surface area contributed by atoms with Crippen LogP contribution in [-0.4, -0.2) is 45.1 Å². The van der Waals surface area contributed by atoms with Crippen LogP contribution in [0.2, 0.25) is 0 Å². The molecule has 0 saturated carbocycles. The average Bonchev–Trinajstić information content (AvgIpc) is 3.26. The minimum absolute atomic E-state index is 0.184. The molecular weight excluding hydrogens is 378 g/mol. The lowest BCUT2D eigenvalue weighted by Crippen LogP contribution is -2.27. The lowest BCUT2D eigenvalue weighted by Gasteiger charge is -2.39. The number of hydrogen-bond acceptors (Lipinski definition) is 5. The second-order valence-electron chi connectivity index (χ2n) is 7.43. The van der Waals surface area contributed by atoms with Gasteiger partial charge in [0, 0.05) is 53.2 Å². The standard InChI is InChI=1S/C19H21N5O3S/c25-19-23-18-16(24(19)11-12-2-5-28(26,27)6-3-12)8-15(10-22-18)14-7-13-1-4-20-17(13)21-9-14/h1,4,7-10,12,26-27H,2-3,5-6,11H2,(H,20,21)(H,22,23,25). The number of pyridine rings is 2. The van der Waals surface area contributed by atoms with Gasteiger partial charge in [-0.15, -0.1) is 0 Å². The van der Waals surface area contributed by atoms with Gasteiger partial charge < -0.3 is 4.98 Å². The third-order valence-electron chi connectivity index (χ3n) is 5.51. The van der Waals surface area contributed by atoms with Gasteiger partial charge in [0.2, 0.25) is 0 Å². The van der Waals surface area contributed by atoms with Crippen LogP contribution >= 0.6 is 10.6 Å². The molecule has 5 heterocycles. The van der Waals surface area contributed by atoms with Crippen LogP contribution in [0.5, 0.6) is 0 Å². The fraction of sp³-hybridized carbons (Fsp3) is 0.316. The van der Waals surface area contributed by atoms with Gasteiger partial charge >= 0.3 is 5.69 Å². The van der Waals surface area contributed by atoms with Gasteiger partial charge in [0.15, 0.2) is 5.65 Å². The van der Waals surface area contributed by atoms with Crippen molar-refractivity contribution in [2.75, 3.05) is 11.5 Å². The Hall–Kier alpha value is -2.62. The smallest absolute Gasteiger partial charge is 0.327 e. The molecule has 146 valence electrons. The zero-order chi connectivity index (χ0) is 19.3. The Balaban J connectivity index is 1.50. The molecule has 4 aromatic heterocycles. The lowest BCUT2D eigenvalue weighted by atomic mass is 10.0. The maximum absolute atomic E-state index is 12.5. The number of imidazole rings is 1. The van der Waals surface area contributed by atoms with Gasteiger partial charge in [-0.1, -0.05) is 0 Å². The summed E-state index contributed by atoms with van der Waals surface area (Å²) < 4.78 is 21.3. The molecule has 8 nitrogen and oxygen atoms in total. The minimum atomic E-state index is -2.42. The number of rotatable bonds is 3. The molecule has 0 bridgehead atoms. The topological polar surface area (TPSA) is 120 Å². The zero-order valence-corrected chi connectivity index (χ0v) is 15.9. The van der Waals surface area contributed by atoms with Crippen molar-refractivity contribution in [1.82, 2.24) is 24.5 Å². The van der Waals surface area contributed by atoms with E-state index in [0.29, 0.717) is 36.5 Å². The van der Waals surface area contributed by atoms with Crippen molar-refractivity contribution in [2.45, 2.75) is 19.4 Å². The molecular formula is C19H21N5O3S. The van der Waals surface area contributed by atoms with Crippen LogP contribution in [0.1, 0.15) is 12.8 Å². The summed E-state index contributed by atoms with van der Waals surface area (Å²) in [5.74, 6) is 1.08. The summed E-state index contributed by atoms with van der Waals surface area (Å²) in [7, 11) is -2.42. The van der Waals surface area contributed by atoms with Crippen molar-refractivity contribution in [2.24, 2.45) is 5.92 Å². The van der Waals surface area contributed by atoms with E-state index in [4.69, 9.17) is 0 Å². The highest BCUT2D eigenvalue weighted by Crippen LogP contribution is 2.46. The fourth-order valence-electron chi connectivity index (χ4n) is 3.87. The molecule has 9 heteroatoms. The van der Waals surface area contributed by atoms with E-state index in [-0.39, 0.29) is 11.6 Å². The van der Waals surface area contributed by atoms with Crippen LogP contribution in [0.25, 0.3) is 33.3 Å². The molecule has 4 N–H and O–H groups in total. The van der Waals surface area contributed by atoms with Gasteiger partial charge in [-0.25, -0.2) is 14.8 Å². The second kappa shape index (κ2) is 6.47. The first-order chi connectivity index (χ1) is 13.5. The monoisotopic (exact) mass is 399 g/mol. The SMILES string of the molecule is O=c1[nH]c2ncc(-c3cnc4[nH]ccc4c3)cc2n1CC1CCS(O)(O)CC1. The zero-order valence-electron chi connectivity index (χ0n) is 15.1. The van der Waals surface area contributed by atoms with Gasteiger partial charge in [-0.2, -0.15) is 10.6 Å². The summed E-state index contributed by atoms with van der Waals surface area (Å²) in [6.45, 7) is 0.550. The van der Waals surface area contributed by atoms with Gasteiger partial charge in [0.25, 0.3) is 0 Å². The van der Waals surface area contributed by atoms with E-state index in [0.717, 1.165) is 27.7 Å². The van der Waals surface area contributed by atoms with E-state index < -0.39 is 10.6 Å². The van der Waals surface area contributed by atoms with Crippen molar-refractivity contribution in [3.63, 3.8) is 0 Å². The van der Waals surface area contributed by atoms with Crippen molar-refractivity contribution < 1.29 is 9.11 Å². The Kier molecular flexibility index (Phi) is 4.04. The van der Waals surface area contributed by atoms with E-state index in [1.165, 1.54) is 0 Å². The maximum Gasteiger partial charge on any atom is 0.327 e. The normalized spacial score (nSPS) is 18.6. The van der Waals surface area contributed by atoms with E-state index in [1.807, 2.05) is 24.4 Å². The van der Waals surface area contributed by atoms with E-state index in [1.54, 1.807) is 17.0 Å². The van der Waals surface area contributed by atoms with Gasteiger partial charge in [0.1, 0.15) is 5.65 Å². The molecule has 28 heavy (non-hydrogen) atoms. The first-order valence-electron chi connectivity index (χ1n) is 9.24. The number of H-pyrrole nitrogens is 2. The summed E-state index contributed by atoms with van der Waals surface area (Å²) in [6.07, 6.45) is 6.81. The quantitative estimate of drug-likeness (QED) is 0.421. The molecule has 1 saturated heterocycles. The molecule has 0 unspecified atom stereocenters. The molecule has 0 aliphatic carbocycles. The van der Waals surface area contributed by atoms with E-state index in [2.05, 4.69) is 19.9 Å². The molecule has 0 amide bonds. The number of fused-ring (bicyclic) bond motifs is 2. The average molecular weight is 399 g/mol. The van der Waals surface area contributed by atoms with Crippen LogP contribution in [0.3, 0.4) is 0 Å². The van der Waals surface area contributed by atoms with Crippen LogP contribution in [-0.2, 0) is 6.54 Å². The minimum Gasteiger partial charge on any atom is -0.346 e. The molecule has 1 aliphatic rings. The van der Waals surface area contributed by atoms with Crippen molar-refractivity contribution >= 4 is 32.8 Å². The predicted molar refractivity (Wildman–Crippen MR) is 111 cm³/mol. The van der Waals surface area contributed by atoms with Crippen LogP contribution in [0, 0.1) is 5.92 Å². The van der Waals surface area contributed by atoms with Gasteiger partial charge in [-0.3, -0.25) is 18.7 Å². The molecule has 0 aromatic carbocycles. The highest BCUT2D eigenvalue weighted by atomic mass is 32.3. The van der Waals surface area contributed by atoms with Crippen LogP contribution in [0.15, 0.2) is 41.6 Å². The third-order valence-corrected chi connectivity index (χ3v) is 7.29. The molecule has 1 fully saturated rings. The van der Waals surface area contributed by atoms with E-state index >= 15 is 0 Å². The Morgan fingerprint density at radius 2 is 1.82 bits per heavy atom. The number of aromatic nitrogens is 5. The first kappa shape index (κ1) is 17.5. The van der Waals surface area contributed by atoms with Gasteiger partial charge in [0.05, 0.1) is 5.52 Å². The van der Waals surface area contributed by atoms with Crippen LogP contribution in [0.4, 0.5) is 0 Å². The molecule has 4 aromatic rings. The third kappa shape index (κ3) is 3.11. The summed E-state index contributed by atoms with van der Waals surface area (Å²) in [5.41, 5.74) is 3.80. The summed E-state index contributed by atoms with van der Waals surface area (Å²) >= 11 is 0. The highest BCUT2D eigenvalue weighted by Gasteiger charge is 2.25. The second-order valence-corrected chi connectivity index (χ2v) is 9.85. The number of aromatic amines is 2. The van der Waals surface area contributed by atoms with Crippen molar-refractivity contribution in [3.05, 3.63) is 47.3 Å². The van der Waals surface area contributed by atoms with Crippen LogP contribution < -0.4 is 5.69 Å². The molecule has 1 aliphatic heterocycles. The Bertz CT molecular complexity index is 1220. The molecule has 0 radical (unpaired) electrons. The predicted octanol–water partition coefficient (Wildman–Crippen LogP) is 3.43. The number of nitrogens with one attached hydrogen (secondary N) is 2. The maximum atomic E-state index is 12.5. The largest absolute Gasteiger partial charge is 0.346 e. The van der Waals surface area contributed by atoms with E-state index in [9.17, 15) is 13.9 Å². The molecule has 0 spiro atoms. The fourth-order valence-corrected chi connectivity index (χ4v) is 5.49. The Morgan fingerprint density at radius 3 is 2.61 bits per heavy atom. The molecule has 5 rings (SSSR count). The van der Waals surface area contributed by atoms with Gasteiger partial charge in [-0.05, 0) is 37.0 Å². The van der Waals surface area contributed by atoms with Crippen molar-refractivity contribution in [1.29, 1.82) is 0 Å². The summed E-state index contributed by atoms with van der Waals surface area (Å²) in [5, 5.41) is 1.02. The summed E-state index contributed by atoms with van der Waals surface area (Å²) in [6, 6.07) is 5.98.